The Morgan fingerprint density at radius 3 is 1.22 bits per heavy atom. The first-order valence-corrected chi connectivity index (χ1v) is 32.2. The van der Waals surface area contributed by atoms with E-state index >= 15 is 0 Å². The van der Waals surface area contributed by atoms with E-state index < -0.39 is 18.2 Å². The van der Waals surface area contributed by atoms with Crippen molar-refractivity contribution >= 4 is 40.2 Å². The smallest absolute Gasteiger partial charge is 0.247 e. The molecule has 0 atom stereocenters. The highest BCUT2D eigenvalue weighted by Gasteiger charge is 2.55. The average Bonchev–Trinajstić information content (AvgIpc) is 0.665. The van der Waals surface area contributed by atoms with Gasteiger partial charge in [-0.1, -0.05) is 303 Å². The molecule has 0 radical (unpaired) electrons. The SMILES string of the molecule is [2H]c1c([2H])c([2H])c(-c2ccc3c(c2)C2(c4ccccc4Oc4ccccc42)c2cc(-c4cc(C(C)(C)C)cc(C(C)(C)C)c4)cc4c2B3c2ccc(-c3cc(C(C)(C)C)cc(C(C)(C)C)c3)cc2N4c2c(-c3ccccc3)cc(C(C)(C)C)cc2-c2ccccc2)c([2H])c1[2H]. The van der Waals surface area contributed by atoms with E-state index in [1.807, 2.05) is 18.2 Å². The number of hydrogen-bond donors (Lipinski definition) is 0. The van der Waals surface area contributed by atoms with E-state index in [9.17, 15) is 2.74 Å². The van der Waals surface area contributed by atoms with E-state index in [1.165, 1.54) is 27.8 Å². The molecule has 3 heteroatoms. The maximum Gasteiger partial charge on any atom is 0.247 e. The summed E-state index contributed by atoms with van der Waals surface area (Å²) in [6.07, 6.45) is 0. The number of fused-ring (bicyclic) bond motifs is 10. The maximum absolute atomic E-state index is 9.55. The average molecular weight is 1180 g/mol. The van der Waals surface area contributed by atoms with E-state index in [0.717, 1.165) is 100 Å². The second-order valence-corrected chi connectivity index (χ2v) is 30.6. The number of ether oxygens (including phenoxy) is 1. The van der Waals surface area contributed by atoms with Gasteiger partial charge in [-0.15, -0.1) is 0 Å². The highest BCUT2D eigenvalue weighted by atomic mass is 16.5. The second-order valence-electron chi connectivity index (χ2n) is 30.6. The minimum atomic E-state index is -1.13. The molecule has 14 rings (SSSR count). The van der Waals surface area contributed by atoms with Crippen LogP contribution in [0.3, 0.4) is 0 Å². The van der Waals surface area contributed by atoms with Crippen LogP contribution in [0.5, 0.6) is 11.5 Å². The number of nitrogens with zero attached hydrogens (tertiary/aromatic N) is 1. The van der Waals surface area contributed by atoms with E-state index in [2.05, 4.69) is 297 Å². The van der Waals surface area contributed by atoms with Crippen molar-refractivity contribution in [3.05, 3.63) is 287 Å². The van der Waals surface area contributed by atoms with Crippen LogP contribution in [0.25, 0.3) is 55.6 Å². The Morgan fingerprint density at radius 2 is 0.733 bits per heavy atom. The molecule has 90 heavy (non-hydrogen) atoms. The zero-order valence-corrected chi connectivity index (χ0v) is 55.1. The molecule has 0 unspecified atom stereocenters. The van der Waals surface area contributed by atoms with E-state index in [4.69, 9.17) is 8.85 Å². The molecule has 3 aliphatic heterocycles. The van der Waals surface area contributed by atoms with Crippen LogP contribution in [0.4, 0.5) is 17.1 Å². The first-order chi connectivity index (χ1) is 44.8. The molecule has 1 spiro atoms. The first kappa shape index (κ1) is 53.0. The lowest BCUT2D eigenvalue weighted by atomic mass is 9.29. The highest BCUT2D eigenvalue weighted by molar-refractivity contribution is 6.99. The predicted molar refractivity (Wildman–Crippen MR) is 385 cm³/mol. The van der Waals surface area contributed by atoms with Gasteiger partial charge < -0.3 is 9.64 Å². The van der Waals surface area contributed by atoms with Crippen LogP contribution in [0.1, 0.15) is 161 Å². The molecule has 11 aromatic carbocycles. The number of hydrogen-bond acceptors (Lipinski definition) is 2. The highest BCUT2D eigenvalue weighted by Crippen LogP contribution is 2.59. The molecule has 0 aromatic heterocycles. The zero-order chi connectivity index (χ0) is 67.4. The minimum Gasteiger partial charge on any atom is -0.457 e. The fourth-order valence-electron chi connectivity index (χ4n) is 14.3. The number of anilines is 3. The molecule has 0 N–H and O–H groups in total. The van der Waals surface area contributed by atoms with Gasteiger partial charge in [0, 0.05) is 33.6 Å². The van der Waals surface area contributed by atoms with Crippen LogP contribution in [-0.4, -0.2) is 6.71 Å². The fourth-order valence-corrected chi connectivity index (χ4v) is 14.3. The maximum atomic E-state index is 9.55. The van der Waals surface area contributed by atoms with Crippen LogP contribution in [-0.2, 0) is 32.5 Å². The molecule has 0 bridgehead atoms. The number of benzene rings is 11. The topological polar surface area (TPSA) is 12.5 Å². The van der Waals surface area contributed by atoms with Crippen LogP contribution < -0.4 is 26.0 Å². The van der Waals surface area contributed by atoms with Crippen molar-refractivity contribution in [2.24, 2.45) is 0 Å². The Balaban J connectivity index is 1.24. The largest absolute Gasteiger partial charge is 0.457 e. The van der Waals surface area contributed by atoms with E-state index in [1.54, 1.807) is 0 Å². The van der Waals surface area contributed by atoms with E-state index in [-0.39, 0.29) is 56.8 Å². The molecule has 0 saturated heterocycles. The van der Waals surface area contributed by atoms with Gasteiger partial charge in [0.15, 0.2) is 0 Å². The Kier molecular flexibility index (Phi) is 12.4. The van der Waals surface area contributed by atoms with Crippen molar-refractivity contribution in [3.8, 4) is 67.1 Å². The Hall–Kier alpha value is -8.92. The van der Waals surface area contributed by atoms with Gasteiger partial charge in [-0.25, -0.2) is 0 Å². The van der Waals surface area contributed by atoms with Gasteiger partial charge in [0.05, 0.1) is 18.0 Å². The summed E-state index contributed by atoms with van der Waals surface area (Å²) in [5.41, 5.74) is 24.1. The van der Waals surface area contributed by atoms with Crippen molar-refractivity contribution in [1.29, 1.82) is 0 Å². The molecular weight excluding hydrogens is 1090 g/mol. The summed E-state index contributed by atoms with van der Waals surface area (Å²) in [5.74, 6) is 1.43. The van der Waals surface area contributed by atoms with Crippen molar-refractivity contribution < 1.29 is 11.6 Å². The van der Waals surface area contributed by atoms with Gasteiger partial charge >= 0.3 is 0 Å². The zero-order valence-electron chi connectivity index (χ0n) is 60.1. The third-order valence-corrected chi connectivity index (χ3v) is 19.4. The summed E-state index contributed by atoms with van der Waals surface area (Å²) >= 11 is 0. The molecule has 0 fully saturated rings. The van der Waals surface area contributed by atoms with Crippen molar-refractivity contribution in [3.63, 3.8) is 0 Å². The van der Waals surface area contributed by atoms with Gasteiger partial charge in [-0.05, 0) is 164 Å². The van der Waals surface area contributed by atoms with Gasteiger partial charge in [-0.3, -0.25) is 0 Å². The lowest BCUT2D eigenvalue weighted by Crippen LogP contribution is -2.65. The summed E-state index contributed by atoms with van der Waals surface area (Å²) in [7, 11) is 0. The Bertz CT molecular complexity index is 4750. The quantitative estimate of drug-likeness (QED) is 0.154. The lowest BCUT2D eigenvalue weighted by molar-refractivity contribution is 0.435. The lowest BCUT2D eigenvalue weighted by Gasteiger charge is -2.51. The van der Waals surface area contributed by atoms with Crippen LogP contribution >= 0.6 is 0 Å². The van der Waals surface area contributed by atoms with Crippen LogP contribution in [0, 0.1) is 0 Å². The van der Waals surface area contributed by atoms with Crippen molar-refractivity contribution in [2.75, 3.05) is 4.90 Å². The van der Waals surface area contributed by atoms with Gasteiger partial charge in [-0.2, -0.15) is 0 Å². The normalized spacial score (nSPS) is 14.9. The molecule has 0 aliphatic carbocycles. The first-order valence-electron chi connectivity index (χ1n) is 34.7. The van der Waals surface area contributed by atoms with Crippen LogP contribution in [0.15, 0.2) is 236 Å². The number of rotatable bonds is 6. The van der Waals surface area contributed by atoms with Crippen molar-refractivity contribution in [1.82, 2.24) is 0 Å². The molecule has 446 valence electrons. The van der Waals surface area contributed by atoms with Gasteiger partial charge in [0.1, 0.15) is 11.5 Å². The molecule has 11 aromatic rings. The minimum absolute atomic E-state index is 0.139. The summed E-state index contributed by atoms with van der Waals surface area (Å²) in [5, 5.41) is 0. The monoisotopic (exact) mass is 1170 g/mol. The summed E-state index contributed by atoms with van der Waals surface area (Å²) in [6, 6.07) is 75.1. The Morgan fingerprint density at radius 1 is 0.333 bits per heavy atom. The van der Waals surface area contributed by atoms with Crippen molar-refractivity contribution in [2.45, 2.75) is 136 Å². The summed E-state index contributed by atoms with van der Waals surface area (Å²) in [4.78, 5) is 2.65. The molecule has 0 amide bonds. The third-order valence-electron chi connectivity index (χ3n) is 19.4. The molecule has 3 heterocycles. The van der Waals surface area contributed by atoms with Gasteiger partial charge in [0.2, 0.25) is 6.71 Å². The standard InChI is InChI=1S/C87H84BNO/c1-82(2,3)63-43-60(44-64(51-63)83(4,5)6)59-40-42-75-76(49-59)89(81-68(56-31-21-17-22-32-56)53-67(86(13,14)15)54-69(81)57-33-23-18-24-34-57)77-50-62(61-45-65(84(7,8)9)52-66(46-61)85(10,11)12)48-73-80(77)88(75)74-41-39-58(55-29-19-16-20-30-55)47-72(74)87(73)70-35-25-27-37-78(70)90-79-38-28-26-36-71(79)87/h16-54H,1-15H3/i16D,19D,20D,29D,30D. The third kappa shape index (κ3) is 9.87. The predicted octanol–water partition coefficient (Wildman–Crippen LogP) is 21.6. The fraction of sp³-hybridized carbons (Fsp3) is 0.241. The molecular formula is C87H84BNO. The molecule has 2 nitrogen and oxygen atoms in total. The molecule has 0 saturated carbocycles. The van der Waals surface area contributed by atoms with Crippen LogP contribution in [0.2, 0.25) is 0 Å². The Labute approximate surface area is 543 Å². The van der Waals surface area contributed by atoms with E-state index in [0.29, 0.717) is 17.1 Å². The molecule has 3 aliphatic rings. The summed E-state index contributed by atoms with van der Waals surface area (Å²) < 4.78 is 53.1. The summed E-state index contributed by atoms with van der Waals surface area (Å²) in [6.45, 7) is 34.3. The van der Waals surface area contributed by atoms with Gasteiger partial charge in [0.25, 0.3) is 0 Å². The number of para-hydroxylation sites is 2. The second kappa shape index (κ2) is 21.1.